The molecule has 1 aliphatic rings. The number of ether oxygens (including phenoxy) is 2. The van der Waals surface area contributed by atoms with Crippen molar-refractivity contribution in [3.63, 3.8) is 0 Å². The average molecular weight is 325 g/mol. The minimum Gasteiger partial charge on any atom is -0.493 e. The molecule has 2 atom stereocenters. The fourth-order valence-electron chi connectivity index (χ4n) is 2.63. The summed E-state index contributed by atoms with van der Waals surface area (Å²) in [7, 11) is 5.31. The number of benzene rings is 1. The molecule has 2 N–H and O–H groups in total. The molecule has 0 bridgehead atoms. The minimum atomic E-state index is 0.00343. The number of nitrogens with zero attached hydrogens (tertiary/aromatic N) is 1. The van der Waals surface area contributed by atoms with Crippen LogP contribution in [0.1, 0.15) is 24.3 Å². The monoisotopic (exact) mass is 325 g/mol. The predicted octanol–water partition coefficient (Wildman–Crippen LogP) is 1.25. The van der Waals surface area contributed by atoms with Gasteiger partial charge in [0.15, 0.2) is 11.5 Å². The number of thioether (sulfide) groups is 1. The molecule has 5 nitrogen and oxygen atoms in total. The van der Waals surface area contributed by atoms with Crippen molar-refractivity contribution in [2.75, 3.05) is 34.4 Å². The van der Waals surface area contributed by atoms with Crippen LogP contribution in [0.25, 0.3) is 0 Å². The molecule has 1 saturated heterocycles. The standard InChI is InChI=1S/C16H24N2O3S/c1-11-15(19)18(9-5-8-17-2)16(22-11)12-6-7-13(20-3)14(10-12)21-4/h6-7,10-11,16-17H,5,8-9H2,1-4H3/p+1/t11-,16-/m1/s1. The molecule has 1 amide bonds. The molecular weight excluding hydrogens is 300 g/mol. The molecule has 0 radical (unpaired) electrons. The van der Waals surface area contributed by atoms with Crippen LogP contribution < -0.4 is 14.8 Å². The highest BCUT2D eigenvalue weighted by Crippen LogP contribution is 2.44. The molecule has 0 aliphatic carbocycles. The van der Waals surface area contributed by atoms with Crippen molar-refractivity contribution in [2.45, 2.75) is 24.0 Å². The van der Waals surface area contributed by atoms with Gasteiger partial charge in [0.1, 0.15) is 5.37 Å². The Bertz CT molecular complexity index is 524. The summed E-state index contributed by atoms with van der Waals surface area (Å²) in [6.07, 6.45) is 0.999. The molecular formula is C16H25N2O3S+. The Morgan fingerprint density at radius 1 is 1.27 bits per heavy atom. The Labute approximate surface area is 136 Å². The van der Waals surface area contributed by atoms with Crippen molar-refractivity contribution < 1.29 is 19.6 Å². The largest absolute Gasteiger partial charge is 0.493 e. The molecule has 1 aliphatic heterocycles. The number of methoxy groups -OCH3 is 2. The van der Waals surface area contributed by atoms with Gasteiger partial charge >= 0.3 is 0 Å². The Kier molecular flexibility index (Phi) is 5.97. The molecule has 122 valence electrons. The molecule has 1 fully saturated rings. The molecule has 1 heterocycles. The summed E-state index contributed by atoms with van der Waals surface area (Å²) in [6, 6.07) is 5.89. The van der Waals surface area contributed by atoms with Crippen molar-refractivity contribution in [3.8, 4) is 11.5 Å². The Balaban J connectivity index is 2.22. The highest BCUT2D eigenvalue weighted by atomic mass is 32.2. The second-order valence-corrected chi connectivity index (χ2v) is 6.75. The van der Waals surface area contributed by atoms with Gasteiger partial charge in [0.25, 0.3) is 0 Å². The predicted molar refractivity (Wildman–Crippen MR) is 88.4 cm³/mol. The number of carbonyl (C=O) groups excluding carboxylic acids is 1. The van der Waals surface area contributed by atoms with Crippen LogP contribution in [0.5, 0.6) is 11.5 Å². The summed E-state index contributed by atoms with van der Waals surface area (Å²) in [5.74, 6) is 1.64. The molecule has 2 rings (SSSR count). The Hall–Kier alpha value is -1.40. The van der Waals surface area contributed by atoms with Gasteiger partial charge in [-0.15, -0.1) is 11.8 Å². The van der Waals surface area contributed by atoms with E-state index in [-0.39, 0.29) is 16.5 Å². The van der Waals surface area contributed by atoms with Crippen LogP contribution in [0.3, 0.4) is 0 Å². The first-order valence-electron chi connectivity index (χ1n) is 7.58. The van der Waals surface area contributed by atoms with Crippen molar-refractivity contribution in [1.29, 1.82) is 0 Å². The number of quaternary nitrogens is 1. The summed E-state index contributed by atoms with van der Waals surface area (Å²) < 4.78 is 10.7. The van der Waals surface area contributed by atoms with Crippen molar-refractivity contribution >= 4 is 17.7 Å². The first-order valence-corrected chi connectivity index (χ1v) is 8.52. The molecule has 1 aromatic rings. The van der Waals surface area contributed by atoms with Gasteiger partial charge < -0.3 is 19.7 Å². The maximum Gasteiger partial charge on any atom is 0.236 e. The molecule has 22 heavy (non-hydrogen) atoms. The summed E-state index contributed by atoms with van der Waals surface area (Å²) in [5.41, 5.74) is 1.08. The van der Waals surface area contributed by atoms with Crippen LogP contribution in [0.2, 0.25) is 0 Å². The zero-order chi connectivity index (χ0) is 16.1. The second-order valence-electron chi connectivity index (χ2n) is 5.33. The van der Waals surface area contributed by atoms with Crippen molar-refractivity contribution in [1.82, 2.24) is 4.90 Å². The highest BCUT2D eigenvalue weighted by Gasteiger charge is 2.38. The van der Waals surface area contributed by atoms with Gasteiger partial charge in [-0.05, 0) is 24.6 Å². The zero-order valence-electron chi connectivity index (χ0n) is 13.7. The first-order chi connectivity index (χ1) is 10.6. The summed E-state index contributed by atoms with van der Waals surface area (Å²) in [6.45, 7) is 3.80. The fraction of sp³-hybridized carbons (Fsp3) is 0.562. The lowest BCUT2D eigenvalue weighted by atomic mass is 10.1. The van der Waals surface area contributed by atoms with Crippen LogP contribution in [-0.4, -0.2) is 50.4 Å². The second kappa shape index (κ2) is 7.74. The molecule has 0 saturated carbocycles. The van der Waals surface area contributed by atoms with Gasteiger partial charge in [-0.1, -0.05) is 6.07 Å². The van der Waals surface area contributed by atoms with Gasteiger partial charge in [-0.2, -0.15) is 0 Å². The van der Waals surface area contributed by atoms with E-state index in [1.807, 2.05) is 30.0 Å². The van der Waals surface area contributed by atoms with E-state index in [2.05, 4.69) is 12.4 Å². The summed E-state index contributed by atoms with van der Waals surface area (Å²) in [5, 5.41) is 2.20. The average Bonchev–Trinajstić information content (AvgIpc) is 2.82. The minimum absolute atomic E-state index is 0.00343. The van der Waals surface area contributed by atoms with E-state index in [1.165, 1.54) is 0 Å². The smallest absolute Gasteiger partial charge is 0.236 e. The quantitative estimate of drug-likeness (QED) is 0.767. The molecule has 0 aromatic heterocycles. The summed E-state index contributed by atoms with van der Waals surface area (Å²) in [4.78, 5) is 14.4. The summed E-state index contributed by atoms with van der Waals surface area (Å²) >= 11 is 1.70. The number of carbonyl (C=O) groups is 1. The van der Waals surface area contributed by atoms with Gasteiger partial charge in [0.05, 0.1) is 33.1 Å². The molecule has 1 aromatic carbocycles. The van der Waals surface area contributed by atoms with Crippen LogP contribution >= 0.6 is 11.8 Å². The van der Waals surface area contributed by atoms with E-state index >= 15 is 0 Å². The number of hydrogen-bond acceptors (Lipinski definition) is 4. The SMILES string of the molecule is C[NH2+]CCCN1C(=O)[C@@H](C)S[C@@H]1c1ccc(OC)c(OC)c1. The van der Waals surface area contributed by atoms with Gasteiger partial charge in [-0.3, -0.25) is 4.79 Å². The highest BCUT2D eigenvalue weighted by molar-refractivity contribution is 8.01. The van der Waals surface area contributed by atoms with E-state index in [9.17, 15) is 4.79 Å². The van der Waals surface area contributed by atoms with E-state index in [0.717, 1.165) is 25.1 Å². The van der Waals surface area contributed by atoms with Crippen molar-refractivity contribution in [3.05, 3.63) is 23.8 Å². The molecule has 6 heteroatoms. The third kappa shape index (κ3) is 3.50. The third-order valence-corrected chi connectivity index (χ3v) is 5.23. The van der Waals surface area contributed by atoms with Crippen molar-refractivity contribution in [2.24, 2.45) is 0 Å². The van der Waals surface area contributed by atoms with E-state index in [0.29, 0.717) is 11.5 Å². The van der Waals surface area contributed by atoms with Crippen LogP contribution in [0.4, 0.5) is 0 Å². The number of hydrogen-bond donors (Lipinski definition) is 1. The normalized spacial score (nSPS) is 21.3. The molecule has 0 spiro atoms. The van der Waals surface area contributed by atoms with Gasteiger partial charge in [0.2, 0.25) is 5.91 Å². The van der Waals surface area contributed by atoms with Crippen LogP contribution in [0.15, 0.2) is 18.2 Å². The lowest BCUT2D eigenvalue weighted by Crippen LogP contribution is -2.79. The first kappa shape index (κ1) is 17.0. The Morgan fingerprint density at radius 2 is 2.00 bits per heavy atom. The van der Waals surface area contributed by atoms with E-state index in [4.69, 9.17) is 9.47 Å². The topological polar surface area (TPSA) is 55.4 Å². The lowest BCUT2D eigenvalue weighted by molar-refractivity contribution is -0.627. The van der Waals surface area contributed by atoms with Gasteiger partial charge in [0, 0.05) is 13.0 Å². The fourth-order valence-corrected chi connectivity index (χ4v) is 3.93. The van der Waals surface area contributed by atoms with E-state index in [1.54, 1.807) is 26.0 Å². The third-order valence-electron chi connectivity index (χ3n) is 3.83. The van der Waals surface area contributed by atoms with Gasteiger partial charge in [-0.25, -0.2) is 0 Å². The van der Waals surface area contributed by atoms with Crippen LogP contribution in [-0.2, 0) is 4.79 Å². The zero-order valence-corrected chi connectivity index (χ0v) is 14.5. The lowest BCUT2D eigenvalue weighted by Gasteiger charge is -2.24. The Morgan fingerprint density at radius 3 is 2.64 bits per heavy atom. The number of rotatable bonds is 7. The molecule has 0 unspecified atom stereocenters. The number of nitrogens with two attached hydrogens (primary N) is 1. The maximum atomic E-state index is 12.4. The maximum absolute atomic E-state index is 12.4. The van der Waals surface area contributed by atoms with E-state index < -0.39 is 0 Å². The van der Waals surface area contributed by atoms with Crippen LogP contribution in [0, 0.1) is 0 Å². The number of amides is 1.